The lowest BCUT2D eigenvalue weighted by Gasteiger charge is -2.39. The molecule has 0 aliphatic carbocycles. The minimum absolute atomic E-state index is 0.0862. The van der Waals surface area contributed by atoms with E-state index in [1.54, 1.807) is 4.90 Å². The van der Waals surface area contributed by atoms with Crippen LogP contribution in [0.5, 0.6) is 0 Å². The Morgan fingerprint density at radius 3 is 2.40 bits per heavy atom. The fourth-order valence-electron chi connectivity index (χ4n) is 3.26. The van der Waals surface area contributed by atoms with Crippen LogP contribution in [0.4, 0.5) is 4.79 Å². The molecule has 0 bridgehead atoms. The fraction of sp³-hybridized carbons (Fsp3) is 0.619. The Labute approximate surface area is 151 Å². The summed E-state index contributed by atoms with van der Waals surface area (Å²) in [5.74, 6) is 0.606. The molecule has 0 saturated carbocycles. The molecule has 25 heavy (non-hydrogen) atoms. The quantitative estimate of drug-likeness (QED) is 0.732. The van der Waals surface area contributed by atoms with Crippen molar-refractivity contribution >= 4 is 11.9 Å². The Morgan fingerprint density at radius 2 is 1.84 bits per heavy atom. The van der Waals surface area contributed by atoms with Crippen molar-refractivity contribution in [2.24, 2.45) is 5.92 Å². The molecule has 0 aromatic heterocycles. The second kappa shape index (κ2) is 8.03. The standard InChI is InChI=1S/C21H31NO3/c1-6-16-7-9-17(10-8-16)19(23)14-18-13-15(2)11-12-22(18)20(24)25-21(3,4)5/h7-10,15,18H,6,11-14H2,1-5H3. The molecule has 1 aliphatic rings. The first-order chi connectivity index (χ1) is 11.7. The highest BCUT2D eigenvalue weighted by molar-refractivity contribution is 5.96. The molecule has 1 aromatic rings. The van der Waals surface area contributed by atoms with Gasteiger partial charge in [-0.25, -0.2) is 4.79 Å². The van der Waals surface area contributed by atoms with Gasteiger partial charge in [-0.05, 0) is 51.5 Å². The van der Waals surface area contributed by atoms with Crippen LogP contribution in [0.15, 0.2) is 24.3 Å². The first-order valence-electron chi connectivity index (χ1n) is 9.31. The number of ketones is 1. The molecule has 1 amide bonds. The maximum absolute atomic E-state index is 12.7. The highest BCUT2D eigenvalue weighted by atomic mass is 16.6. The van der Waals surface area contributed by atoms with Gasteiger partial charge in [-0.3, -0.25) is 4.79 Å². The van der Waals surface area contributed by atoms with Gasteiger partial charge >= 0.3 is 6.09 Å². The average molecular weight is 345 g/mol. The van der Waals surface area contributed by atoms with Crippen molar-refractivity contribution in [1.29, 1.82) is 0 Å². The van der Waals surface area contributed by atoms with Gasteiger partial charge in [0, 0.05) is 24.6 Å². The zero-order chi connectivity index (χ0) is 18.6. The maximum atomic E-state index is 12.7. The monoisotopic (exact) mass is 345 g/mol. The van der Waals surface area contributed by atoms with Crippen LogP contribution >= 0.6 is 0 Å². The van der Waals surface area contributed by atoms with E-state index in [-0.39, 0.29) is 17.9 Å². The molecule has 0 spiro atoms. The number of ether oxygens (including phenoxy) is 1. The molecule has 4 heteroatoms. The van der Waals surface area contributed by atoms with Crippen LogP contribution in [0.25, 0.3) is 0 Å². The van der Waals surface area contributed by atoms with E-state index < -0.39 is 5.60 Å². The molecule has 0 radical (unpaired) electrons. The summed E-state index contributed by atoms with van der Waals surface area (Å²) in [6.45, 7) is 10.5. The third kappa shape index (κ3) is 5.58. The van der Waals surface area contributed by atoms with E-state index in [4.69, 9.17) is 4.74 Å². The van der Waals surface area contributed by atoms with Crippen LogP contribution in [0.3, 0.4) is 0 Å². The Morgan fingerprint density at radius 1 is 1.20 bits per heavy atom. The SMILES string of the molecule is CCc1ccc(C(=O)CC2CC(C)CCN2C(=O)OC(C)(C)C)cc1. The molecule has 2 unspecified atom stereocenters. The van der Waals surface area contributed by atoms with E-state index >= 15 is 0 Å². The number of piperidine rings is 1. The topological polar surface area (TPSA) is 46.6 Å². The lowest BCUT2D eigenvalue weighted by molar-refractivity contribution is 0.00514. The number of aryl methyl sites for hydroxylation is 1. The number of carbonyl (C=O) groups excluding carboxylic acids is 2. The highest BCUT2D eigenvalue weighted by Gasteiger charge is 2.34. The van der Waals surface area contributed by atoms with Crippen molar-refractivity contribution in [3.05, 3.63) is 35.4 Å². The van der Waals surface area contributed by atoms with Crippen LogP contribution in [0.1, 0.15) is 69.8 Å². The lowest BCUT2D eigenvalue weighted by atomic mass is 9.89. The highest BCUT2D eigenvalue weighted by Crippen LogP contribution is 2.27. The predicted molar refractivity (Wildman–Crippen MR) is 99.9 cm³/mol. The summed E-state index contributed by atoms with van der Waals surface area (Å²) in [4.78, 5) is 27.0. The third-order valence-electron chi connectivity index (χ3n) is 4.71. The number of hydrogen-bond donors (Lipinski definition) is 0. The second-order valence-corrected chi connectivity index (χ2v) is 8.13. The van der Waals surface area contributed by atoms with E-state index in [2.05, 4.69) is 13.8 Å². The summed E-state index contributed by atoms with van der Waals surface area (Å²) in [6.07, 6.45) is 2.81. The number of nitrogens with zero attached hydrogens (tertiary/aromatic N) is 1. The maximum Gasteiger partial charge on any atom is 0.410 e. The molecule has 1 aliphatic heterocycles. The summed E-state index contributed by atoms with van der Waals surface area (Å²) in [6, 6.07) is 7.71. The number of likely N-dealkylation sites (tertiary alicyclic amines) is 1. The molecule has 1 aromatic carbocycles. The molecule has 1 heterocycles. The molecular weight excluding hydrogens is 314 g/mol. The average Bonchev–Trinajstić information content (AvgIpc) is 2.53. The Kier molecular flexibility index (Phi) is 6.26. The largest absolute Gasteiger partial charge is 0.444 e. The number of Topliss-reactive ketones (excluding diaryl/α,β-unsaturated/α-hetero) is 1. The number of amides is 1. The molecule has 2 rings (SSSR count). The van der Waals surface area contributed by atoms with Crippen LogP contribution < -0.4 is 0 Å². The Hall–Kier alpha value is -1.84. The third-order valence-corrected chi connectivity index (χ3v) is 4.71. The number of benzene rings is 1. The predicted octanol–water partition coefficient (Wildman–Crippen LogP) is 4.86. The minimum Gasteiger partial charge on any atom is -0.444 e. The van der Waals surface area contributed by atoms with Gasteiger partial charge in [0.2, 0.25) is 0 Å². The minimum atomic E-state index is -0.523. The molecule has 4 nitrogen and oxygen atoms in total. The molecule has 138 valence electrons. The molecular formula is C21H31NO3. The van der Waals surface area contributed by atoms with Crippen molar-refractivity contribution in [1.82, 2.24) is 4.90 Å². The molecule has 2 atom stereocenters. The summed E-state index contributed by atoms with van der Waals surface area (Å²) < 4.78 is 5.54. The first kappa shape index (κ1) is 19.5. The Bertz CT molecular complexity index is 601. The number of carbonyl (C=O) groups is 2. The summed E-state index contributed by atoms with van der Waals surface area (Å²) in [5.41, 5.74) is 1.42. The van der Waals surface area contributed by atoms with Gasteiger partial charge in [0.1, 0.15) is 5.60 Å². The van der Waals surface area contributed by atoms with Crippen molar-refractivity contribution in [3.63, 3.8) is 0 Å². The second-order valence-electron chi connectivity index (χ2n) is 8.13. The van der Waals surface area contributed by atoms with Crippen LogP contribution in [-0.2, 0) is 11.2 Å². The van der Waals surface area contributed by atoms with Crippen LogP contribution in [0.2, 0.25) is 0 Å². The van der Waals surface area contributed by atoms with E-state index in [1.165, 1.54) is 5.56 Å². The van der Waals surface area contributed by atoms with Crippen molar-refractivity contribution in [2.75, 3.05) is 6.54 Å². The van der Waals surface area contributed by atoms with Crippen molar-refractivity contribution in [3.8, 4) is 0 Å². The van der Waals surface area contributed by atoms with Gasteiger partial charge in [0.25, 0.3) is 0 Å². The molecule has 0 N–H and O–H groups in total. The van der Waals surface area contributed by atoms with Crippen molar-refractivity contribution < 1.29 is 14.3 Å². The van der Waals surface area contributed by atoms with Gasteiger partial charge < -0.3 is 9.64 Å². The van der Waals surface area contributed by atoms with E-state index in [1.807, 2.05) is 45.0 Å². The van der Waals surface area contributed by atoms with E-state index in [0.29, 0.717) is 18.9 Å². The van der Waals surface area contributed by atoms with Gasteiger partial charge in [-0.15, -0.1) is 0 Å². The Balaban J connectivity index is 2.09. The molecule has 1 saturated heterocycles. The zero-order valence-corrected chi connectivity index (χ0v) is 16.2. The van der Waals surface area contributed by atoms with Crippen molar-refractivity contribution in [2.45, 2.75) is 71.9 Å². The smallest absolute Gasteiger partial charge is 0.410 e. The van der Waals surface area contributed by atoms with Crippen LogP contribution in [-0.4, -0.2) is 35.0 Å². The van der Waals surface area contributed by atoms with Gasteiger partial charge in [0.15, 0.2) is 5.78 Å². The van der Waals surface area contributed by atoms with E-state index in [9.17, 15) is 9.59 Å². The first-order valence-corrected chi connectivity index (χ1v) is 9.31. The fourth-order valence-corrected chi connectivity index (χ4v) is 3.26. The summed E-state index contributed by atoms with van der Waals surface area (Å²) in [5, 5.41) is 0. The normalized spacial score (nSPS) is 21.1. The molecule has 1 fully saturated rings. The lowest BCUT2D eigenvalue weighted by Crippen LogP contribution is -2.48. The number of rotatable bonds is 4. The van der Waals surface area contributed by atoms with Crippen LogP contribution in [0, 0.1) is 5.92 Å². The van der Waals surface area contributed by atoms with Gasteiger partial charge in [-0.1, -0.05) is 38.1 Å². The zero-order valence-electron chi connectivity index (χ0n) is 16.2. The van der Waals surface area contributed by atoms with Gasteiger partial charge in [0.05, 0.1) is 0 Å². The number of hydrogen-bond acceptors (Lipinski definition) is 3. The summed E-state index contributed by atoms with van der Waals surface area (Å²) in [7, 11) is 0. The van der Waals surface area contributed by atoms with E-state index in [0.717, 1.165) is 24.8 Å². The van der Waals surface area contributed by atoms with Gasteiger partial charge in [-0.2, -0.15) is 0 Å². The summed E-state index contributed by atoms with van der Waals surface area (Å²) >= 11 is 0.